The molecule has 4 atom stereocenters. The highest BCUT2D eigenvalue weighted by Gasteiger charge is 2.56. The third kappa shape index (κ3) is 3.54. The smallest absolute Gasteiger partial charge is 0.302 e. The molecule has 1 aromatic heterocycles. The molecule has 0 amide bonds. The van der Waals surface area contributed by atoms with Crippen LogP contribution >= 0.6 is 34.8 Å². The van der Waals surface area contributed by atoms with Crippen molar-refractivity contribution in [3.8, 4) is 0 Å². The summed E-state index contributed by atoms with van der Waals surface area (Å²) in [5, 5.41) is 1.32. The quantitative estimate of drug-likeness (QED) is 0.495. The molecule has 7 nitrogen and oxygen atoms in total. The van der Waals surface area contributed by atoms with Crippen molar-refractivity contribution in [3.63, 3.8) is 0 Å². The zero-order chi connectivity index (χ0) is 21.1. The van der Waals surface area contributed by atoms with Crippen molar-refractivity contribution in [3.05, 3.63) is 32.9 Å². The lowest BCUT2D eigenvalue weighted by atomic mass is 10.1. The normalized spacial score (nSPS) is 27.9. The van der Waals surface area contributed by atoms with E-state index in [1.54, 1.807) is 30.5 Å². The maximum Gasteiger partial charge on any atom is 0.302 e. The number of carbonyl (C=O) groups excluding carboxylic acids is 2. The number of esters is 1. The number of halogens is 3. The minimum Gasteiger partial charge on any atom is -0.463 e. The van der Waals surface area contributed by atoms with Crippen LogP contribution in [0.1, 0.15) is 37.4 Å². The average Bonchev–Trinajstić information content (AvgIpc) is 3.20. The van der Waals surface area contributed by atoms with Crippen molar-refractivity contribution in [1.82, 2.24) is 4.57 Å². The van der Waals surface area contributed by atoms with E-state index in [-0.39, 0.29) is 17.3 Å². The lowest BCUT2D eigenvalue weighted by Gasteiger charge is -2.25. The molecule has 156 valence electrons. The molecule has 2 fully saturated rings. The molecule has 0 radical (unpaired) electrons. The van der Waals surface area contributed by atoms with Crippen LogP contribution in [-0.2, 0) is 23.7 Å². The third-order valence-corrected chi connectivity index (χ3v) is 6.08. The first-order valence-electron chi connectivity index (χ1n) is 8.91. The number of nitrogens with zero attached hydrogens (tertiary/aromatic N) is 1. The van der Waals surface area contributed by atoms with E-state index in [0.717, 1.165) is 0 Å². The summed E-state index contributed by atoms with van der Waals surface area (Å²) in [6, 6.07) is 3.21. The number of hydrogen-bond acceptors (Lipinski definition) is 6. The molecular formula is C19H18Cl3NO6. The predicted molar refractivity (Wildman–Crippen MR) is 107 cm³/mol. The molecule has 10 heteroatoms. The lowest BCUT2D eigenvalue weighted by molar-refractivity contribution is -0.201. The molecule has 0 N–H and O–H groups in total. The summed E-state index contributed by atoms with van der Waals surface area (Å²) >= 11 is 18.9. The Morgan fingerprint density at radius 2 is 1.86 bits per heavy atom. The number of hydrogen-bond donors (Lipinski definition) is 0. The third-order valence-electron chi connectivity index (χ3n) is 4.97. The Morgan fingerprint density at radius 1 is 1.21 bits per heavy atom. The highest BCUT2D eigenvalue weighted by atomic mass is 35.5. The molecular weight excluding hydrogens is 445 g/mol. The second-order valence-electron chi connectivity index (χ2n) is 7.41. The van der Waals surface area contributed by atoms with E-state index in [1.807, 2.05) is 0 Å². The van der Waals surface area contributed by atoms with E-state index in [1.165, 1.54) is 6.92 Å². The maximum absolute atomic E-state index is 11.7. The Balaban J connectivity index is 1.82. The van der Waals surface area contributed by atoms with Gasteiger partial charge in [0.2, 0.25) is 0 Å². The topological polar surface area (TPSA) is 76.0 Å². The molecule has 3 heterocycles. The first kappa shape index (κ1) is 20.9. The Morgan fingerprint density at radius 3 is 2.52 bits per heavy atom. The Kier molecular flexibility index (Phi) is 5.34. The van der Waals surface area contributed by atoms with Gasteiger partial charge in [-0.05, 0) is 26.0 Å². The number of aromatic nitrogens is 1. The fourth-order valence-corrected chi connectivity index (χ4v) is 4.51. The molecule has 0 unspecified atom stereocenters. The van der Waals surface area contributed by atoms with Crippen LogP contribution in [0.2, 0.25) is 15.2 Å². The molecule has 2 saturated heterocycles. The summed E-state index contributed by atoms with van der Waals surface area (Å²) in [6.45, 7) is 4.89. The molecule has 0 spiro atoms. The Bertz CT molecular complexity index is 1000. The molecule has 0 bridgehead atoms. The van der Waals surface area contributed by atoms with Gasteiger partial charge in [0.1, 0.15) is 30.1 Å². The molecule has 1 aromatic carbocycles. The summed E-state index contributed by atoms with van der Waals surface area (Å²) < 4.78 is 24.9. The van der Waals surface area contributed by atoms with E-state index in [2.05, 4.69) is 0 Å². The Hall–Kier alpha value is -1.35. The number of ether oxygens (including phenoxy) is 4. The SMILES string of the molecule is CC(=O)OC[C@H]1O[C@@H](n2c(Cl)c(C=O)c3cc(Cl)c(Cl)cc32)[C@@H]2OC(C)(C)O[C@@H]21. The zero-order valence-corrected chi connectivity index (χ0v) is 18.0. The fraction of sp³-hybridized carbons (Fsp3) is 0.474. The minimum absolute atomic E-state index is 0.00359. The van der Waals surface area contributed by atoms with Gasteiger partial charge in [0, 0.05) is 12.3 Å². The van der Waals surface area contributed by atoms with Crippen molar-refractivity contribution in [2.45, 2.75) is 51.1 Å². The molecule has 2 aromatic rings. The van der Waals surface area contributed by atoms with Gasteiger partial charge in [-0.15, -0.1) is 0 Å². The van der Waals surface area contributed by atoms with Gasteiger partial charge >= 0.3 is 5.97 Å². The summed E-state index contributed by atoms with van der Waals surface area (Å²) in [4.78, 5) is 23.0. The van der Waals surface area contributed by atoms with E-state index >= 15 is 0 Å². The van der Waals surface area contributed by atoms with Gasteiger partial charge in [-0.25, -0.2) is 0 Å². The van der Waals surface area contributed by atoms with Gasteiger partial charge in [-0.2, -0.15) is 0 Å². The largest absolute Gasteiger partial charge is 0.463 e. The van der Waals surface area contributed by atoms with Gasteiger partial charge in [0.15, 0.2) is 18.3 Å². The van der Waals surface area contributed by atoms with Crippen LogP contribution in [0.4, 0.5) is 0 Å². The fourth-order valence-electron chi connectivity index (χ4n) is 3.86. The monoisotopic (exact) mass is 461 g/mol. The van der Waals surface area contributed by atoms with Crippen LogP contribution in [-0.4, -0.2) is 47.5 Å². The minimum atomic E-state index is -0.865. The first-order chi connectivity index (χ1) is 13.6. The highest BCUT2D eigenvalue weighted by molar-refractivity contribution is 6.43. The molecule has 0 saturated carbocycles. The van der Waals surface area contributed by atoms with Crippen molar-refractivity contribution >= 4 is 58.0 Å². The van der Waals surface area contributed by atoms with Crippen LogP contribution < -0.4 is 0 Å². The van der Waals surface area contributed by atoms with E-state index in [0.29, 0.717) is 27.2 Å². The number of fused-ring (bicyclic) bond motifs is 2. The summed E-state index contributed by atoms with van der Waals surface area (Å²) in [6.07, 6.45) is -1.70. The molecule has 4 rings (SSSR count). The molecule has 29 heavy (non-hydrogen) atoms. The second kappa shape index (κ2) is 7.41. The van der Waals surface area contributed by atoms with Crippen LogP contribution in [0, 0.1) is 0 Å². The van der Waals surface area contributed by atoms with Crippen LogP contribution in [0.15, 0.2) is 12.1 Å². The van der Waals surface area contributed by atoms with Crippen molar-refractivity contribution in [2.24, 2.45) is 0 Å². The van der Waals surface area contributed by atoms with E-state index in [4.69, 9.17) is 53.8 Å². The molecule has 2 aliphatic heterocycles. The van der Waals surface area contributed by atoms with Gasteiger partial charge in [0.25, 0.3) is 0 Å². The van der Waals surface area contributed by atoms with Crippen LogP contribution in [0.3, 0.4) is 0 Å². The number of carbonyl (C=O) groups is 2. The molecule has 2 aliphatic rings. The van der Waals surface area contributed by atoms with Crippen molar-refractivity contribution < 1.29 is 28.5 Å². The van der Waals surface area contributed by atoms with Crippen molar-refractivity contribution in [1.29, 1.82) is 0 Å². The number of benzene rings is 1. The average molecular weight is 463 g/mol. The van der Waals surface area contributed by atoms with Gasteiger partial charge in [-0.1, -0.05) is 34.8 Å². The van der Waals surface area contributed by atoms with Gasteiger partial charge < -0.3 is 23.5 Å². The Labute approximate surface area is 181 Å². The summed E-state index contributed by atoms with van der Waals surface area (Å²) in [5.74, 6) is -1.30. The van der Waals surface area contributed by atoms with Crippen LogP contribution in [0.25, 0.3) is 10.9 Å². The number of rotatable bonds is 4. The standard InChI is InChI=1S/C19H18Cl3NO6/c1-8(25)26-7-14-15-16(29-19(2,3)28-15)18(27-14)23-13-5-12(21)11(20)4-9(13)10(6-24)17(23)22/h4-6,14-16,18H,7H2,1-3H3/t14-,15-,16-,18-/m1/s1. The predicted octanol–water partition coefficient (Wildman–Crippen LogP) is 4.39. The summed E-state index contributed by atoms with van der Waals surface area (Å²) in [5.41, 5.74) is 0.832. The van der Waals surface area contributed by atoms with E-state index in [9.17, 15) is 9.59 Å². The second-order valence-corrected chi connectivity index (χ2v) is 8.58. The number of aldehydes is 1. The van der Waals surface area contributed by atoms with Gasteiger partial charge in [0.05, 0.1) is 21.1 Å². The summed E-state index contributed by atoms with van der Waals surface area (Å²) in [7, 11) is 0. The first-order valence-corrected chi connectivity index (χ1v) is 10.0. The van der Waals surface area contributed by atoms with Crippen LogP contribution in [0.5, 0.6) is 0 Å². The van der Waals surface area contributed by atoms with Crippen molar-refractivity contribution in [2.75, 3.05) is 6.61 Å². The lowest BCUT2D eigenvalue weighted by Crippen LogP contribution is -2.33. The zero-order valence-electron chi connectivity index (χ0n) is 15.8. The molecule has 0 aliphatic carbocycles. The van der Waals surface area contributed by atoms with Gasteiger partial charge in [-0.3, -0.25) is 9.59 Å². The van der Waals surface area contributed by atoms with E-state index < -0.39 is 36.3 Å². The highest BCUT2D eigenvalue weighted by Crippen LogP contribution is 2.47. The maximum atomic E-state index is 11.7.